The number of likely N-dealkylation sites (tertiary alicyclic amines) is 1. The molecule has 1 aliphatic heterocycles. The van der Waals surface area contributed by atoms with Crippen LogP contribution in [-0.4, -0.2) is 41.6 Å². The van der Waals surface area contributed by atoms with Crippen LogP contribution in [0, 0.1) is 17.8 Å². The average Bonchev–Trinajstić information content (AvgIpc) is 2.30. The van der Waals surface area contributed by atoms with E-state index >= 15 is 0 Å². The van der Waals surface area contributed by atoms with Crippen LogP contribution in [0.5, 0.6) is 0 Å². The molecule has 0 aromatic heterocycles. The van der Waals surface area contributed by atoms with Crippen LogP contribution in [0.25, 0.3) is 0 Å². The van der Waals surface area contributed by atoms with Crippen LogP contribution in [0.15, 0.2) is 0 Å². The molecule has 0 aromatic carbocycles. The van der Waals surface area contributed by atoms with Gasteiger partial charge in [0.05, 0.1) is 5.41 Å². The number of hydrogen-bond acceptors (Lipinski definition) is 2. The molecule has 1 saturated heterocycles. The van der Waals surface area contributed by atoms with E-state index in [1.54, 1.807) is 11.8 Å². The van der Waals surface area contributed by atoms with Gasteiger partial charge in [0.2, 0.25) is 0 Å². The first-order chi connectivity index (χ1) is 7.99. The van der Waals surface area contributed by atoms with Crippen molar-refractivity contribution in [3.8, 4) is 12.3 Å². The molecule has 1 heterocycles. The number of nitrogens with zero attached hydrogens (tertiary/aromatic N) is 1. The Kier molecular flexibility index (Phi) is 4.38. The Hall–Kier alpha value is -1.70. The maximum Gasteiger partial charge on any atom is 0.317 e. The molecule has 5 nitrogen and oxygen atoms in total. The minimum atomic E-state index is -0.787. The van der Waals surface area contributed by atoms with E-state index in [2.05, 4.69) is 11.2 Å². The highest BCUT2D eigenvalue weighted by Crippen LogP contribution is 2.30. The van der Waals surface area contributed by atoms with Crippen LogP contribution in [0.4, 0.5) is 4.79 Å². The van der Waals surface area contributed by atoms with Gasteiger partial charge < -0.3 is 15.3 Å². The second-order valence-corrected chi connectivity index (χ2v) is 4.54. The highest BCUT2D eigenvalue weighted by molar-refractivity contribution is 5.76. The number of hydrogen-bond donors (Lipinski definition) is 2. The van der Waals surface area contributed by atoms with E-state index in [9.17, 15) is 9.59 Å². The number of amides is 2. The molecule has 1 fully saturated rings. The zero-order valence-electron chi connectivity index (χ0n) is 10.0. The van der Waals surface area contributed by atoms with Crippen molar-refractivity contribution >= 4 is 12.0 Å². The highest BCUT2D eigenvalue weighted by atomic mass is 16.4. The maximum atomic E-state index is 11.7. The Balaban J connectivity index is 2.39. The van der Waals surface area contributed by atoms with Crippen LogP contribution in [0.1, 0.15) is 26.2 Å². The summed E-state index contributed by atoms with van der Waals surface area (Å²) in [7, 11) is 0. The number of urea groups is 1. The number of piperidine rings is 1. The molecule has 5 heteroatoms. The van der Waals surface area contributed by atoms with Crippen molar-refractivity contribution < 1.29 is 14.7 Å². The van der Waals surface area contributed by atoms with Gasteiger partial charge >= 0.3 is 12.0 Å². The van der Waals surface area contributed by atoms with Gasteiger partial charge in [0, 0.05) is 26.1 Å². The minimum Gasteiger partial charge on any atom is -0.481 e. The third kappa shape index (κ3) is 3.38. The first kappa shape index (κ1) is 13.4. The Morgan fingerprint density at radius 1 is 1.47 bits per heavy atom. The fourth-order valence-electron chi connectivity index (χ4n) is 1.77. The van der Waals surface area contributed by atoms with Gasteiger partial charge in [-0.1, -0.05) is 0 Å². The summed E-state index contributed by atoms with van der Waals surface area (Å²) in [4.78, 5) is 24.3. The van der Waals surface area contributed by atoms with E-state index in [1.165, 1.54) is 0 Å². The second-order valence-electron chi connectivity index (χ2n) is 4.54. The van der Waals surface area contributed by atoms with Gasteiger partial charge in [0.15, 0.2) is 0 Å². The minimum absolute atomic E-state index is 0.160. The molecule has 0 bridgehead atoms. The quantitative estimate of drug-likeness (QED) is 0.567. The first-order valence-electron chi connectivity index (χ1n) is 5.69. The Morgan fingerprint density at radius 3 is 2.53 bits per heavy atom. The number of carboxylic acid groups (broad SMARTS) is 1. The molecule has 0 unspecified atom stereocenters. The molecule has 94 valence electrons. The smallest absolute Gasteiger partial charge is 0.317 e. The van der Waals surface area contributed by atoms with Gasteiger partial charge in [-0.3, -0.25) is 4.79 Å². The highest BCUT2D eigenvalue weighted by Gasteiger charge is 2.37. The van der Waals surface area contributed by atoms with Gasteiger partial charge in [-0.2, -0.15) is 0 Å². The predicted molar refractivity (Wildman–Crippen MR) is 63.4 cm³/mol. The van der Waals surface area contributed by atoms with Crippen LogP contribution >= 0.6 is 0 Å². The van der Waals surface area contributed by atoms with E-state index in [1.807, 2.05) is 0 Å². The third-order valence-electron chi connectivity index (χ3n) is 3.22. The first-order valence-corrected chi connectivity index (χ1v) is 5.69. The SMILES string of the molecule is C#CCCNC(=O)N1CCC(C)(C(=O)O)CC1. The monoisotopic (exact) mass is 238 g/mol. The molecule has 0 aliphatic carbocycles. The number of carbonyl (C=O) groups excluding carboxylic acids is 1. The number of carboxylic acids is 1. The van der Waals surface area contributed by atoms with Gasteiger partial charge in [0.1, 0.15) is 0 Å². The van der Waals surface area contributed by atoms with Crippen LogP contribution in [0.2, 0.25) is 0 Å². The molecular weight excluding hydrogens is 220 g/mol. The van der Waals surface area contributed by atoms with Crippen LogP contribution < -0.4 is 5.32 Å². The molecule has 0 saturated carbocycles. The normalized spacial score (nSPS) is 18.2. The van der Waals surface area contributed by atoms with Crippen molar-refractivity contribution in [2.45, 2.75) is 26.2 Å². The average molecular weight is 238 g/mol. The second kappa shape index (κ2) is 5.58. The number of terminal acetylenes is 1. The van der Waals surface area contributed by atoms with Gasteiger partial charge in [-0.05, 0) is 19.8 Å². The lowest BCUT2D eigenvalue weighted by molar-refractivity contribution is -0.150. The van der Waals surface area contributed by atoms with Crippen molar-refractivity contribution in [3.05, 3.63) is 0 Å². The number of rotatable bonds is 3. The maximum absolute atomic E-state index is 11.7. The summed E-state index contributed by atoms with van der Waals surface area (Å²) in [6, 6.07) is -0.160. The lowest BCUT2D eigenvalue weighted by Crippen LogP contribution is -2.48. The molecule has 17 heavy (non-hydrogen) atoms. The van der Waals surface area contributed by atoms with Crippen LogP contribution in [-0.2, 0) is 4.79 Å². The van der Waals surface area contributed by atoms with Crippen molar-refractivity contribution in [2.75, 3.05) is 19.6 Å². The number of aliphatic carboxylic acids is 1. The van der Waals surface area contributed by atoms with E-state index in [4.69, 9.17) is 11.5 Å². The summed E-state index contributed by atoms with van der Waals surface area (Å²) in [5.74, 6) is 1.66. The van der Waals surface area contributed by atoms with E-state index < -0.39 is 11.4 Å². The Morgan fingerprint density at radius 2 is 2.06 bits per heavy atom. The fourth-order valence-corrected chi connectivity index (χ4v) is 1.77. The van der Waals surface area contributed by atoms with Crippen molar-refractivity contribution in [1.82, 2.24) is 10.2 Å². The molecular formula is C12H18N2O3. The topological polar surface area (TPSA) is 69.6 Å². The number of nitrogens with one attached hydrogen (secondary N) is 1. The van der Waals surface area contributed by atoms with Crippen molar-refractivity contribution in [3.63, 3.8) is 0 Å². The zero-order chi connectivity index (χ0) is 12.9. The predicted octanol–water partition coefficient (Wildman–Crippen LogP) is 0.906. The zero-order valence-corrected chi connectivity index (χ0v) is 10.0. The fraction of sp³-hybridized carbons (Fsp3) is 0.667. The summed E-state index contributed by atoms with van der Waals surface area (Å²) in [5.41, 5.74) is -0.699. The lowest BCUT2D eigenvalue weighted by Gasteiger charge is -2.36. The third-order valence-corrected chi connectivity index (χ3v) is 3.22. The lowest BCUT2D eigenvalue weighted by atomic mass is 9.80. The van der Waals surface area contributed by atoms with E-state index in [0.717, 1.165) is 0 Å². The number of carbonyl (C=O) groups is 2. The molecule has 2 amide bonds. The summed E-state index contributed by atoms with van der Waals surface area (Å²) in [5, 5.41) is 11.8. The van der Waals surface area contributed by atoms with Crippen molar-refractivity contribution in [1.29, 1.82) is 0 Å². The van der Waals surface area contributed by atoms with Gasteiger partial charge in [0.25, 0.3) is 0 Å². The Labute approximate surface area is 101 Å². The molecule has 1 rings (SSSR count). The molecule has 0 atom stereocenters. The van der Waals surface area contributed by atoms with E-state index in [0.29, 0.717) is 38.9 Å². The molecule has 2 N–H and O–H groups in total. The molecule has 0 radical (unpaired) electrons. The largest absolute Gasteiger partial charge is 0.481 e. The molecule has 0 aromatic rings. The van der Waals surface area contributed by atoms with Gasteiger partial charge in [-0.15, -0.1) is 12.3 Å². The summed E-state index contributed by atoms with van der Waals surface area (Å²) < 4.78 is 0. The Bertz CT molecular complexity index is 338. The standard InChI is InChI=1S/C12H18N2O3/c1-3-4-7-13-11(17)14-8-5-12(2,6-9-14)10(15)16/h1H,4-9H2,2H3,(H,13,17)(H,15,16). The summed E-state index contributed by atoms with van der Waals surface area (Å²) in [6.07, 6.45) is 6.57. The van der Waals surface area contributed by atoms with Gasteiger partial charge in [-0.25, -0.2) is 4.79 Å². The van der Waals surface area contributed by atoms with Crippen LogP contribution in [0.3, 0.4) is 0 Å². The van der Waals surface area contributed by atoms with E-state index in [-0.39, 0.29) is 6.03 Å². The summed E-state index contributed by atoms with van der Waals surface area (Å²) in [6.45, 7) is 3.14. The molecule has 0 spiro atoms. The molecule has 1 aliphatic rings. The van der Waals surface area contributed by atoms with Crippen molar-refractivity contribution in [2.24, 2.45) is 5.41 Å². The summed E-state index contributed by atoms with van der Waals surface area (Å²) >= 11 is 0.